The highest BCUT2D eigenvalue weighted by atomic mass is 35.5. The van der Waals surface area contributed by atoms with E-state index in [0.29, 0.717) is 6.61 Å². The van der Waals surface area contributed by atoms with Gasteiger partial charge in [-0.25, -0.2) is 0 Å². The Morgan fingerprint density at radius 2 is 2.21 bits per heavy atom. The summed E-state index contributed by atoms with van der Waals surface area (Å²) in [6.07, 6.45) is 3.92. The third-order valence-electron chi connectivity index (χ3n) is 8.67. The Morgan fingerprint density at radius 3 is 2.93 bits per heavy atom. The number of likely N-dealkylation sites (N-methyl/N-ethyl adjacent to an activating group) is 1. The van der Waals surface area contributed by atoms with Gasteiger partial charge in [-0.2, -0.15) is 0 Å². The molecule has 5 bridgehead atoms. The second-order valence-electron chi connectivity index (χ2n) is 9.00. The van der Waals surface area contributed by atoms with E-state index >= 15 is 0 Å². The second kappa shape index (κ2) is 5.68. The van der Waals surface area contributed by atoms with Crippen molar-refractivity contribution in [2.45, 2.75) is 36.9 Å². The van der Waals surface area contributed by atoms with E-state index in [1.807, 2.05) is 12.1 Å². The number of anilines is 1. The van der Waals surface area contributed by atoms with Gasteiger partial charge in [-0.1, -0.05) is 11.6 Å². The number of carbonyl (C=O) groups excluding carboxylic acids is 1. The van der Waals surface area contributed by atoms with E-state index in [2.05, 4.69) is 29.8 Å². The van der Waals surface area contributed by atoms with E-state index in [-0.39, 0.29) is 36.1 Å². The Kier molecular flexibility index (Phi) is 3.77. The van der Waals surface area contributed by atoms with Crippen molar-refractivity contribution in [3.8, 4) is 5.75 Å². The summed E-state index contributed by atoms with van der Waals surface area (Å²) >= 11 is 0. The number of halogens is 1. The number of carbonyl (C=O) groups is 1. The standard InChI is InChI=1S/C22H26N2O4.ClH/c1-4-13-11-24-8-7-21-16-9-14(25)5-6-17(16)23(2)22(21)18(24)10-15(13)20(21,12-28-22)19(26)27-3;/h4-6,9,15,18,25H,7-8,10-12H2,1-3H3;1H/b13-4-;/t15-,18-,20?,21-,22+;/m0./s1. The number of nitrogens with zero attached hydrogens (tertiary/aromatic N) is 2. The highest BCUT2D eigenvalue weighted by Gasteiger charge is 2.86. The maximum Gasteiger partial charge on any atom is 0.315 e. The van der Waals surface area contributed by atoms with Crippen molar-refractivity contribution >= 4 is 24.1 Å². The van der Waals surface area contributed by atoms with Crippen LogP contribution in [-0.2, 0) is 19.7 Å². The molecular weight excluding hydrogens is 392 g/mol. The zero-order chi connectivity index (χ0) is 19.5. The number of hydrogen-bond donors (Lipinski definition) is 1. The number of esters is 1. The van der Waals surface area contributed by atoms with Crippen LogP contribution in [0.1, 0.15) is 25.3 Å². The van der Waals surface area contributed by atoms with E-state index < -0.39 is 16.6 Å². The predicted molar refractivity (Wildman–Crippen MR) is 110 cm³/mol. The molecule has 5 aliphatic rings. The van der Waals surface area contributed by atoms with Gasteiger partial charge in [-0.05, 0) is 43.5 Å². The molecule has 0 spiro atoms. The molecule has 3 saturated heterocycles. The minimum atomic E-state index is -0.764. The van der Waals surface area contributed by atoms with Crippen LogP contribution in [-0.4, -0.2) is 61.6 Å². The molecular formula is C22H27ClN2O4. The number of phenolic OH excluding ortho intramolecular Hbond substituents is 1. The van der Waals surface area contributed by atoms with Crippen molar-refractivity contribution in [2.75, 3.05) is 38.8 Å². The van der Waals surface area contributed by atoms with Crippen molar-refractivity contribution in [3.63, 3.8) is 0 Å². The molecule has 1 saturated carbocycles. The number of piperidine rings is 2. The number of fused-ring (bicyclic) bond motifs is 3. The third kappa shape index (κ3) is 1.66. The first kappa shape index (κ1) is 19.2. The van der Waals surface area contributed by atoms with Crippen LogP contribution in [0.2, 0.25) is 0 Å². The van der Waals surface area contributed by atoms with Crippen LogP contribution in [0, 0.1) is 11.3 Å². The van der Waals surface area contributed by atoms with E-state index in [1.54, 1.807) is 6.07 Å². The molecule has 156 valence electrons. The number of aromatic hydroxyl groups is 1. The van der Waals surface area contributed by atoms with Crippen LogP contribution in [0.15, 0.2) is 29.8 Å². The molecule has 1 aliphatic carbocycles. The fraction of sp³-hybridized carbons (Fsp3) is 0.591. The summed E-state index contributed by atoms with van der Waals surface area (Å²) < 4.78 is 12.2. The van der Waals surface area contributed by atoms with E-state index in [0.717, 1.165) is 37.2 Å². The second-order valence-corrected chi connectivity index (χ2v) is 9.00. The molecule has 1 unspecified atom stereocenters. The summed E-state index contributed by atoms with van der Waals surface area (Å²) in [5, 5.41) is 10.4. The summed E-state index contributed by atoms with van der Waals surface area (Å²) in [5.74, 6) is 0.170. The molecule has 5 atom stereocenters. The molecule has 0 radical (unpaired) electrons. The number of rotatable bonds is 1. The summed E-state index contributed by atoms with van der Waals surface area (Å²) in [6.45, 7) is 4.25. The first-order valence-corrected chi connectivity index (χ1v) is 10.2. The van der Waals surface area contributed by atoms with Crippen molar-refractivity contribution in [1.29, 1.82) is 0 Å². The van der Waals surface area contributed by atoms with Crippen LogP contribution in [0.5, 0.6) is 5.75 Å². The van der Waals surface area contributed by atoms with Gasteiger partial charge in [0.2, 0.25) is 0 Å². The molecule has 1 N–H and O–H groups in total. The largest absolute Gasteiger partial charge is 0.508 e. The van der Waals surface area contributed by atoms with E-state index in [1.165, 1.54) is 12.7 Å². The Hall–Kier alpha value is -1.76. The van der Waals surface area contributed by atoms with Gasteiger partial charge in [0, 0.05) is 31.7 Å². The summed E-state index contributed by atoms with van der Waals surface area (Å²) in [5.41, 5.74) is 1.54. The number of phenols is 1. The zero-order valence-electron chi connectivity index (χ0n) is 17.0. The SMILES string of the molecule is C/C=C1/CN2CC[C@@]34c5cc(O)ccc5N(C)[C@]35OCC4(C(=O)OC)[C@H]1C[C@H]25.Cl. The quantitative estimate of drug-likeness (QED) is 0.558. The Bertz CT molecular complexity index is 951. The third-order valence-corrected chi connectivity index (χ3v) is 8.67. The summed E-state index contributed by atoms with van der Waals surface area (Å²) in [7, 11) is 3.58. The normalized spacial score (nSPS) is 42.4. The zero-order valence-corrected chi connectivity index (χ0v) is 17.8. The van der Waals surface area contributed by atoms with Gasteiger partial charge in [0.05, 0.1) is 25.2 Å². The number of hydrogen-bond acceptors (Lipinski definition) is 6. The number of methoxy groups -OCH3 is 1. The first-order chi connectivity index (χ1) is 13.5. The van der Waals surface area contributed by atoms with Crippen molar-refractivity contribution in [2.24, 2.45) is 11.3 Å². The van der Waals surface area contributed by atoms with Crippen LogP contribution >= 0.6 is 12.4 Å². The summed E-state index contributed by atoms with van der Waals surface area (Å²) in [4.78, 5) is 18.4. The maximum absolute atomic E-state index is 13.6. The molecule has 4 aliphatic heterocycles. The Balaban J connectivity index is 0.00000181. The van der Waals surface area contributed by atoms with Gasteiger partial charge in [-0.15, -0.1) is 12.4 Å². The molecule has 6 nitrogen and oxygen atoms in total. The smallest absolute Gasteiger partial charge is 0.315 e. The lowest BCUT2D eigenvalue weighted by Crippen LogP contribution is -2.80. The van der Waals surface area contributed by atoms with Crippen LogP contribution in [0.3, 0.4) is 0 Å². The first-order valence-electron chi connectivity index (χ1n) is 10.2. The molecule has 0 amide bonds. The van der Waals surface area contributed by atoms with Crippen LogP contribution in [0.4, 0.5) is 5.69 Å². The lowest BCUT2D eigenvalue weighted by molar-refractivity contribution is -0.184. The number of benzene rings is 1. The van der Waals surface area contributed by atoms with Crippen LogP contribution in [0.25, 0.3) is 0 Å². The fourth-order valence-electron chi connectivity index (χ4n) is 7.78. The number of ether oxygens (including phenoxy) is 2. The molecule has 1 aromatic rings. The van der Waals surface area contributed by atoms with Crippen LogP contribution < -0.4 is 4.90 Å². The average Bonchev–Trinajstić information content (AvgIpc) is 3.08. The molecule has 4 fully saturated rings. The Labute approximate surface area is 176 Å². The molecule has 29 heavy (non-hydrogen) atoms. The highest BCUT2D eigenvalue weighted by Crippen LogP contribution is 2.76. The predicted octanol–water partition coefficient (Wildman–Crippen LogP) is 2.44. The lowest BCUT2D eigenvalue weighted by atomic mass is 9.43. The van der Waals surface area contributed by atoms with Gasteiger partial charge in [0.1, 0.15) is 11.2 Å². The molecule has 0 aromatic heterocycles. The average molecular weight is 419 g/mol. The van der Waals surface area contributed by atoms with Gasteiger partial charge < -0.3 is 19.5 Å². The van der Waals surface area contributed by atoms with Gasteiger partial charge in [0.25, 0.3) is 0 Å². The minimum Gasteiger partial charge on any atom is -0.508 e. The van der Waals surface area contributed by atoms with E-state index in [9.17, 15) is 9.90 Å². The van der Waals surface area contributed by atoms with Crippen molar-refractivity contribution in [3.05, 3.63) is 35.4 Å². The minimum absolute atomic E-state index is 0. The number of allylic oxidation sites excluding steroid dienone is 1. The molecule has 4 heterocycles. The molecule has 6 rings (SSSR count). The van der Waals surface area contributed by atoms with E-state index in [4.69, 9.17) is 9.47 Å². The topological polar surface area (TPSA) is 62.2 Å². The Morgan fingerprint density at radius 1 is 1.41 bits per heavy atom. The van der Waals surface area contributed by atoms with Crippen molar-refractivity contribution in [1.82, 2.24) is 4.90 Å². The molecule has 7 heteroatoms. The maximum atomic E-state index is 13.6. The van der Waals surface area contributed by atoms with Gasteiger partial charge in [0.15, 0.2) is 5.72 Å². The molecule has 1 aromatic carbocycles. The van der Waals surface area contributed by atoms with Gasteiger partial charge in [-0.3, -0.25) is 9.69 Å². The lowest BCUT2D eigenvalue weighted by Gasteiger charge is -2.66. The highest BCUT2D eigenvalue weighted by molar-refractivity contribution is 5.87. The van der Waals surface area contributed by atoms with Crippen molar-refractivity contribution < 1.29 is 19.4 Å². The fourth-order valence-corrected chi connectivity index (χ4v) is 7.78. The van der Waals surface area contributed by atoms with Gasteiger partial charge >= 0.3 is 5.97 Å². The monoisotopic (exact) mass is 418 g/mol. The summed E-state index contributed by atoms with van der Waals surface area (Å²) in [6, 6.07) is 5.79.